The van der Waals surface area contributed by atoms with Crippen molar-refractivity contribution in [2.24, 2.45) is 0 Å². The zero-order valence-corrected chi connectivity index (χ0v) is 13.0. The average molecular weight is 341 g/mol. The van der Waals surface area contributed by atoms with Gasteiger partial charge in [0.15, 0.2) is 0 Å². The number of alkyl halides is 3. The van der Waals surface area contributed by atoms with Gasteiger partial charge in [0.25, 0.3) is 5.89 Å². The number of nitrogens with one attached hydrogen (secondary N) is 1. The van der Waals surface area contributed by atoms with Crippen molar-refractivity contribution in [3.63, 3.8) is 0 Å². The first-order valence-electron chi connectivity index (χ1n) is 7.00. The number of aromatic amines is 1. The molecule has 0 radical (unpaired) electrons. The van der Waals surface area contributed by atoms with Crippen molar-refractivity contribution in [1.82, 2.24) is 25.3 Å². The molecule has 7 nitrogen and oxygen atoms in total. The molecule has 2 aromatic heterocycles. The van der Waals surface area contributed by atoms with Gasteiger partial charge in [-0.3, -0.25) is 5.10 Å². The van der Waals surface area contributed by atoms with Crippen LogP contribution in [0.4, 0.5) is 13.2 Å². The molecule has 1 N–H and O–H groups in total. The maximum atomic E-state index is 12.1. The maximum absolute atomic E-state index is 12.1. The van der Waals surface area contributed by atoms with Crippen molar-refractivity contribution in [3.05, 3.63) is 30.1 Å². The van der Waals surface area contributed by atoms with Gasteiger partial charge in [0, 0.05) is 5.56 Å². The normalized spacial score (nSPS) is 10.9. The van der Waals surface area contributed by atoms with E-state index in [9.17, 15) is 13.2 Å². The second-order valence-electron chi connectivity index (χ2n) is 4.24. The lowest BCUT2D eigenvalue weighted by Crippen LogP contribution is -2.16. The molecule has 3 aromatic rings. The molecule has 0 aliphatic heterocycles. The minimum absolute atomic E-state index is 0.106. The molecule has 0 saturated heterocycles. The molecule has 0 amide bonds. The third-order valence-corrected chi connectivity index (χ3v) is 2.56. The number of halogens is 3. The van der Waals surface area contributed by atoms with Crippen LogP contribution in [0.2, 0.25) is 0 Å². The average Bonchev–Trinajstić information content (AvgIpc) is 3.17. The highest BCUT2D eigenvalue weighted by atomic mass is 19.4. The Morgan fingerprint density at radius 3 is 2.25 bits per heavy atom. The molecule has 0 atom stereocenters. The Hall–Kier alpha value is -2.91. The van der Waals surface area contributed by atoms with E-state index in [1.54, 1.807) is 6.92 Å². The number of H-pyrrole nitrogens is 1. The van der Waals surface area contributed by atoms with E-state index in [-0.39, 0.29) is 23.3 Å². The van der Waals surface area contributed by atoms with Crippen LogP contribution < -0.4 is 4.74 Å². The van der Waals surface area contributed by atoms with Gasteiger partial charge in [-0.1, -0.05) is 19.0 Å². The van der Waals surface area contributed by atoms with Crippen LogP contribution in [-0.2, 0) is 0 Å². The topological polar surface area (TPSA) is 89.7 Å². The van der Waals surface area contributed by atoms with E-state index in [4.69, 9.17) is 4.52 Å². The van der Waals surface area contributed by atoms with Gasteiger partial charge in [-0.15, -0.1) is 18.3 Å². The molecule has 10 heteroatoms. The molecular weight excluding hydrogens is 327 g/mol. The van der Waals surface area contributed by atoms with Crippen LogP contribution in [0.3, 0.4) is 0 Å². The number of rotatable bonds is 3. The minimum atomic E-state index is -4.73. The number of hydrogen-bond acceptors (Lipinski definition) is 6. The summed E-state index contributed by atoms with van der Waals surface area (Å²) in [5.74, 6) is 0.812. The summed E-state index contributed by atoms with van der Waals surface area (Å²) in [6, 6.07) is 5.10. The predicted octanol–water partition coefficient (Wildman–Crippen LogP) is 3.75. The van der Waals surface area contributed by atoms with E-state index in [2.05, 4.69) is 30.1 Å². The Balaban J connectivity index is 0.00000100. The largest absolute Gasteiger partial charge is 0.573 e. The molecule has 0 aliphatic rings. The summed E-state index contributed by atoms with van der Waals surface area (Å²) in [4.78, 5) is 8.12. The first kappa shape index (κ1) is 17.4. The minimum Gasteiger partial charge on any atom is -0.406 e. The second-order valence-corrected chi connectivity index (χ2v) is 4.24. The molecule has 3 rings (SSSR count). The Morgan fingerprint density at radius 2 is 1.71 bits per heavy atom. The standard InChI is InChI=1S/C12H8F3N5O2.C2H6/c1-6-16-10(19-18-6)11-17-9(20-22-11)7-2-4-8(5-3-7)21-12(13,14)15;1-2/h2-5H,1H3,(H,16,18,19);1-2H3. The molecule has 128 valence electrons. The molecule has 0 spiro atoms. The number of nitrogens with zero attached hydrogens (tertiary/aromatic N) is 4. The summed E-state index contributed by atoms with van der Waals surface area (Å²) in [7, 11) is 0. The van der Waals surface area contributed by atoms with Gasteiger partial charge in [0.05, 0.1) is 0 Å². The van der Waals surface area contributed by atoms with Crippen LogP contribution >= 0.6 is 0 Å². The zero-order valence-electron chi connectivity index (χ0n) is 13.0. The molecule has 0 bridgehead atoms. The number of benzene rings is 1. The van der Waals surface area contributed by atoms with Crippen LogP contribution in [0.25, 0.3) is 23.1 Å². The molecular formula is C14H14F3N5O2. The SMILES string of the molecule is CC.Cc1nc(-c2nc(-c3ccc(OC(F)(F)F)cc3)no2)n[nH]1. The highest BCUT2D eigenvalue weighted by molar-refractivity contribution is 5.57. The van der Waals surface area contributed by atoms with E-state index < -0.39 is 6.36 Å². The molecule has 24 heavy (non-hydrogen) atoms. The Morgan fingerprint density at radius 1 is 1.04 bits per heavy atom. The highest BCUT2D eigenvalue weighted by Gasteiger charge is 2.31. The van der Waals surface area contributed by atoms with Crippen molar-refractivity contribution in [2.75, 3.05) is 0 Å². The van der Waals surface area contributed by atoms with Gasteiger partial charge >= 0.3 is 6.36 Å². The van der Waals surface area contributed by atoms with E-state index in [0.717, 1.165) is 12.1 Å². The molecule has 1 aromatic carbocycles. The third kappa shape index (κ3) is 4.31. The molecule has 0 saturated carbocycles. The summed E-state index contributed by atoms with van der Waals surface area (Å²) in [5, 5.41) is 10.2. The van der Waals surface area contributed by atoms with Crippen molar-refractivity contribution in [3.8, 4) is 28.9 Å². The molecule has 2 heterocycles. The van der Waals surface area contributed by atoms with Gasteiger partial charge in [-0.25, -0.2) is 4.98 Å². The Bertz CT molecular complexity index is 780. The quantitative estimate of drug-likeness (QED) is 0.780. The third-order valence-electron chi connectivity index (χ3n) is 2.56. The lowest BCUT2D eigenvalue weighted by molar-refractivity contribution is -0.274. The van der Waals surface area contributed by atoms with E-state index in [1.165, 1.54) is 12.1 Å². The van der Waals surface area contributed by atoms with E-state index in [0.29, 0.717) is 11.4 Å². The molecule has 0 fully saturated rings. The number of aromatic nitrogens is 5. The molecule has 0 unspecified atom stereocenters. The van der Waals surface area contributed by atoms with Gasteiger partial charge in [0.2, 0.25) is 11.6 Å². The van der Waals surface area contributed by atoms with Crippen molar-refractivity contribution >= 4 is 0 Å². The number of ether oxygens (including phenoxy) is 1. The Kier molecular flexibility index (Phi) is 5.17. The predicted molar refractivity (Wildman–Crippen MR) is 77.9 cm³/mol. The number of aryl methyl sites for hydroxylation is 1. The van der Waals surface area contributed by atoms with Gasteiger partial charge < -0.3 is 9.26 Å². The van der Waals surface area contributed by atoms with Crippen LogP contribution in [0.5, 0.6) is 5.75 Å². The Labute approximate surface area is 134 Å². The van der Waals surface area contributed by atoms with E-state index >= 15 is 0 Å². The lowest BCUT2D eigenvalue weighted by atomic mass is 10.2. The summed E-state index contributed by atoms with van der Waals surface area (Å²) >= 11 is 0. The smallest absolute Gasteiger partial charge is 0.406 e. The van der Waals surface area contributed by atoms with Crippen LogP contribution in [0.15, 0.2) is 28.8 Å². The monoisotopic (exact) mass is 341 g/mol. The summed E-state index contributed by atoms with van der Waals surface area (Å²) in [6.07, 6.45) is -4.73. The van der Waals surface area contributed by atoms with Crippen LogP contribution in [-0.4, -0.2) is 31.7 Å². The fraction of sp³-hybridized carbons (Fsp3) is 0.286. The van der Waals surface area contributed by atoms with Gasteiger partial charge in [-0.05, 0) is 31.2 Å². The van der Waals surface area contributed by atoms with Crippen molar-refractivity contribution in [1.29, 1.82) is 0 Å². The molecule has 0 aliphatic carbocycles. The van der Waals surface area contributed by atoms with E-state index in [1.807, 2.05) is 13.8 Å². The summed E-state index contributed by atoms with van der Waals surface area (Å²) in [5.41, 5.74) is 0.469. The lowest BCUT2D eigenvalue weighted by Gasteiger charge is -2.08. The fourth-order valence-corrected chi connectivity index (χ4v) is 1.68. The first-order chi connectivity index (χ1) is 11.4. The van der Waals surface area contributed by atoms with Gasteiger partial charge in [0.1, 0.15) is 11.6 Å². The summed E-state index contributed by atoms with van der Waals surface area (Å²) < 4.78 is 45.0. The summed E-state index contributed by atoms with van der Waals surface area (Å²) in [6.45, 7) is 5.72. The maximum Gasteiger partial charge on any atom is 0.573 e. The second kappa shape index (κ2) is 7.11. The highest BCUT2D eigenvalue weighted by Crippen LogP contribution is 2.26. The van der Waals surface area contributed by atoms with Crippen molar-refractivity contribution < 1.29 is 22.4 Å². The van der Waals surface area contributed by atoms with Crippen LogP contribution in [0.1, 0.15) is 19.7 Å². The van der Waals surface area contributed by atoms with Gasteiger partial charge in [-0.2, -0.15) is 4.98 Å². The van der Waals surface area contributed by atoms with Crippen molar-refractivity contribution in [2.45, 2.75) is 27.1 Å². The van der Waals surface area contributed by atoms with Crippen LogP contribution in [0, 0.1) is 6.92 Å². The zero-order chi connectivity index (χ0) is 17.7. The number of hydrogen-bond donors (Lipinski definition) is 1. The fourth-order valence-electron chi connectivity index (χ4n) is 1.68. The first-order valence-corrected chi connectivity index (χ1v) is 7.00.